The van der Waals surface area contributed by atoms with E-state index >= 15 is 0 Å². The Morgan fingerprint density at radius 2 is 2.00 bits per heavy atom. The van der Waals surface area contributed by atoms with Crippen LogP contribution in [0.4, 0.5) is 16.3 Å². The molecule has 11 heteroatoms. The van der Waals surface area contributed by atoms with Crippen molar-refractivity contribution in [2.75, 3.05) is 23.7 Å². The van der Waals surface area contributed by atoms with E-state index in [1.165, 1.54) is 11.7 Å². The molecule has 3 N–H and O–H groups in total. The molecule has 2 rings (SSSR count). The molecule has 1 atom stereocenters. The Bertz CT molecular complexity index is 798. The SMILES string of the molecule is CCN(CC)[S+]([O-])c1c(O)c(NC(=O)Nc2cccc(Cl)c2Cl)nn1C. The van der Waals surface area contributed by atoms with Crippen LogP contribution in [-0.2, 0) is 18.4 Å². The molecule has 0 aliphatic heterocycles. The first-order chi connectivity index (χ1) is 12.3. The van der Waals surface area contributed by atoms with Crippen molar-refractivity contribution in [2.45, 2.75) is 18.9 Å². The highest BCUT2D eigenvalue weighted by Gasteiger charge is 2.31. The average Bonchev–Trinajstić information content (AvgIpc) is 2.86. The van der Waals surface area contributed by atoms with Crippen LogP contribution < -0.4 is 10.6 Å². The second-order valence-electron chi connectivity index (χ2n) is 5.17. The van der Waals surface area contributed by atoms with Gasteiger partial charge in [-0.3, -0.25) is 5.32 Å². The molecule has 8 nitrogen and oxygen atoms in total. The highest BCUT2D eigenvalue weighted by atomic mass is 35.5. The van der Waals surface area contributed by atoms with Crippen LogP contribution in [0.1, 0.15) is 13.8 Å². The van der Waals surface area contributed by atoms with E-state index in [1.807, 2.05) is 13.8 Å². The number of aryl methyl sites for hydroxylation is 1. The van der Waals surface area contributed by atoms with Gasteiger partial charge in [0.25, 0.3) is 0 Å². The van der Waals surface area contributed by atoms with Crippen molar-refractivity contribution in [1.29, 1.82) is 0 Å². The zero-order valence-electron chi connectivity index (χ0n) is 14.4. The van der Waals surface area contributed by atoms with Crippen molar-refractivity contribution in [2.24, 2.45) is 7.05 Å². The van der Waals surface area contributed by atoms with E-state index < -0.39 is 17.4 Å². The Balaban J connectivity index is 2.19. The monoisotopic (exact) mass is 419 g/mol. The predicted molar refractivity (Wildman–Crippen MR) is 103 cm³/mol. The molecule has 1 heterocycles. The van der Waals surface area contributed by atoms with Gasteiger partial charge in [0.05, 0.1) is 15.7 Å². The molecule has 2 aromatic rings. The number of halogens is 2. The summed E-state index contributed by atoms with van der Waals surface area (Å²) in [6.07, 6.45) is 0. The van der Waals surface area contributed by atoms with E-state index in [0.717, 1.165) is 0 Å². The minimum atomic E-state index is -1.61. The maximum absolute atomic E-state index is 12.6. The highest BCUT2D eigenvalue weighted by Crippen LogP contribution is 2.33. The lowest BCUT2D eigenvalue weighted by molar-refractivity contribution is 0.262. The van der Waals surface area contributed by atoms with Gasteiger partial charge < -0.3 is 15.0 Å². The van der Waals surface area contributed by atoms with Crippen molar-refractivity contribution in [3.05, 3.63) is 28.2 Å². The third-order valence-corrected chi connectivity index (χ3v) is 6.10. The van der Waals surface area contributed by atoms with Gasteiger partial charge in [0, 0.05) is 20.1 Å². The molecular weight excluding hydrogens is 401 g/mol. The number of hydrogen-bond acceptors (Lipinski definition) is 5. The number of carbonyl (C=O) groups is 1. The van der Waals surface area contributed by atoms with Gasteiger partial charge in [0.1, 0.15) is 11.4 Å². The molecule has 0 radical (unpaired) electrons. The third-order valence-electron chi connectivity index (χ3n) is 3.51. The van der Waals surface area contributed by atoms with Crippen molar-refractivity contribution < 1.29 is 14.5 Å². The summed E-state index contributed by atoms with van der Waals surface area (Å²) < 4.78 is 15.5. The van der Waals surface area contributed by atoms with E-state index in [0.29, 0.717) is 23.8 Å². The fourth-order valence-electron chi connectivity index (χ4n) is 2.22. The fraction of sp³-hybridized carbons (Fsp3) is 0.333. The van der Waals surface area contributed by atoms with Gasteiger partial charge in [-0.2, -0.15) is 0 Å². The molecule has 0 saturated heterocycles. The van der Waals surface area contributed by atoms with Crippen LogP contribution in [0, 0.1) is 0 Å². The molecule has 0 aliphatic rings. The Morgan fingerprint density at radius 3 is 2.62 bits per heavy atom. The molecule has 0 spiro atoms. The summed E-state index contributed by atoms with van der Waals surface area (Å²) in [7, 11) is 1.54. The van der Waals surface area contributed by atoms with E-state index in [9.17, 15) is 14.5 Å². The number of nitrogens with one attached hydrogen (secondary N) is 2. The zero-order chi connectivity index (χ0) is 19.4. The standard InChI is InChI=1S/C15H19Cl2N5O3S/c1-4-22(5-2)26(25)14-12(23)13(20-21(14)3)19-15(24)18-10-8-6-7-9(16)11(10)17/h6-8,23H,4-5H2,1-3H3,(H2,18,19,20,24). The lowest BCUT2D eigenvalue weighted by Crippen LogP contribution is -2.32. The maximum Gasteiger partial charge on any atom is 0.325 e. The van der Waals surface area contributed by atoms with Crippen molar-refractivity contribution in [3.63, 3.8) is 0 Å². The number of aromatic nitrogens is 2. The van der Waals surface area contributed by atoms with Gasteiger partial charge in [-0.15, -0.1) is 9.40 Å². The summed E-state index contributed by atoms with van der Waals surface area (Å²) in [5, 5.41) is 19.9. The van der Waals surface area contributed by atoms with Gasteiger partial charge in [0.2, 0.25) is 11.6 Å². The summed E-state index contributed by atoms with van der Waals surface area (Å²) in [5.74, 6) is -0.469. The van der Waals surface area contributed by atoms with Crippen LogP contribution in [0.5, 0.6) is 5.75 Å². The topological polar surface area (TPSA) is 105 Å². The molecule has 26 heavy (non-hydrogen) atoms. The zero-order valence-corrected chi connectivity index (χ0v) is 16.7. The summed E-state index contributed by atoms with van der Waals surface area (Å²) >= 11 is 10.3. The number of benzene rings is 1. The minimum absolute atomic E-state index is 0.102. The second kappa shape index (κ2) is 8.83. The van der Waals surface area contributed by atoms with Gasteiger partial charge in [0.15, 0.2) is 0 Å². The molecule has 142 valence electrons. The average molecular weight is 420 g/mol. The summed E-state index contributed by atoms with van der Waals surface area (Å²) in [6.45, 7) is 4.78. The second-order valence-corrected chi connectivity index (χ2v) is 7.36. The van der Waals surface area contributed by atoms with Gasteiger partial charge in [-0.05, 0) is 26.0 Å². The van der Waals surface area contributed by atoms with Crippen LogP contribution in [0.3, 0.4) is 0 Å². The van der Waals surface area contributed by atoms with Crippen molar-refractivity contribution >= 4 is 52.1 Å². The molecule has 0 fully saturated rings. The van der Waals surface area contributed by atoms with Gasteiger partial charge in [-0.25, -0.2) is 9.48 Å². The van der Waals surface area contributed by atoms with Gasteiger partial charge >= 0.3 is 11.1 Å². The lowest BCUT2D eigenvalue weighted by atomic mass is 10.3. The Hall–Kier alpha value is -1.65. The maximum atomic E-state index is 12.6. The third kappa shape index (κ3) is 4.36. The van der Waals surface area contributed by atoms with E-state index in [4.69, 9.17) is 23.2 Å². The molecule has 1 unspecified atom stereocenters. The van der Waals surface area contributed by atoms with Crippen LogP contribution in [0.25, 0.3) is 0 Å². The number of anilines is 2. The molecule has 0 saturated carbocycles. The molecule has 1 aromatic heterocycles. The largest absolute Gasteiger partial charge is 0.591 e. The Morgan fingerprint density at radius 1 is 1.35 bits per heavy atom. The molecule has 0 bridgehead atoms. The fourth-order valence-corrected chi connectivity index (χ4v) is 3.81. The first-order valence-electron chi connectivity index (χ1n) is 7.74. The summed E-state index contributed by atoms with van der Waals surface area (Å²) in [5.41, 5.74) is 0.305. The summed E-state index contributed by atoms with van der Waals surface area (Å²) in [6, 6.07) is 4.12. The minimum Gasteiger partial charge on any atom is -0.591 e. The number of rotatable bonds is 6. The summed E-state index contributed by atoms with van der Waals surface area (Å²) in [4.78, 5) is 12.2. The first kappa shape index (κ1) is 20.7. The number of carbonyl (C=O) groups excluding carboxylic acids is 1. The number of aromatic hydroxyl groups is 1. The smallest absolute Gasteiger partial charge is 0.325 e. The molecular formula is C15H19Cl2N5O3S. The van der Waals surface area contributed by atoms with Crippen LogP contribution >= 0.6 is 23.2 Å². The van der Waals surface area contributed by atoms with Crippen molar-refractivity contribution in [1.82, 2.24) is 14.1 Å². The number of amides is 2. The van der Waals surface area contributed by atoms with Crippen LogP contribution in [0.15, 0.2) is 23.2 Å². The van der Waals surface area contributed by atoms with Crippen molar-refractivity contribution in [3.8, 4) is 5.75 Å². The normalized spacial score (nSPS) is 12.3. The number of urea groups is 1. The van der Waals surface area contributed by atoms with Gasteiger partial charge in [-0.1, -0.05) is 29.3 Å². The lowest BCUT2D eigenvalue weighted by Gasteiger charge is -2.20. The number of nitrogens with zero attached hydrogens (tertiary/aromatic N) is 3. The molecule has 1 aromatic carbocycles. The van der Waals surface area contributed by atoms with Crippen LogP contribution in [0.2, 0.25) is 10.0 Å². The highest BCUT2D eigenvalue weighted by molar-refractivity contribution is 7.89. The Kier molecular flexibility index (Phi) is 7.01. The van der Waals surface area contributed by atoms with E-state index in [1.54, 1.807) is 22.5 Å². The van der Waals surface area contributed by atoms with Crippen LogP contribution in [-0.4, -0.2) is 42.9 Å². The van der Waals surface area contributed by atoms with E-state index in [-0.39, 0.29) is 21.6 Å². The Labute approximate surface area is 164 Å². The van der Waals surface area contributed by atoms with E-state index in [2.05, 4.69) is 15.7 Å². The first-order valence-corrected chi connectivity index (χ1v) is 9.61. The molecule has 2 amide bonds. The predicted octanol–water partition coefficient (Wildman–Crippen LogP) is 3.44. The number of hydrogen-bond donors (Lipinski definition) is 3. The quantitative estimate of drug-likeness (QED) is 0.621. The molecule has 0 aliphatic carbocycles.